The Bertz CT molecular complexity index is 2550. The van der Waals surface area contributed by atoms with Crippen LogP contribution in [0, 0.1) is 11.8 Å². The lowest BCUT2D eigenvalue weighted by atomic mass is 9.99. The minimum absolute atomic E-state index is 0.00440. The van der Waals surface area contributed by atoms with Crippen LogP contribution in [0.15, 0.2) is 72.8 Å². The molecular formula is C57H84N12O13. The molecule has 2 aliphatic heterocycles. The molecular weight excluding hydrogens is 1060 g/mol. The summed E-state index contributed by atoms with van der Waals surface area (Å²) in [6.07, 6.45) is 1.68. The lowest BCUT2D eigenvalue weighted by molar-refractivity contribution is -0.148. The lowest BCUT2D eigenvalue weighted by Crippen LogP contribution is -2.66. The number of allylic oxidation sites excluding steroid dienone is 1. The fourth-order valence-corrected chi connectivity index (χ4v) is 9.12. The van der Waals surface area contributed by atoms with Crippen molar-refractivity contribution in [1.82, 2.24) is 63.0 Å². The van der Waals surface area contributed by atoms with Gasteiger partial charge < -0.3 is 68.3 Å². The number of hydrogen-bond acceptors (Lipinski definition) is 14. The van der Waals surface area contributed by atoms with Gasteiger partial charge in [-0.2, -0.15) is 0 Å². The lowest BCUT2D eigenvalue weighted by Gasteiger charge is -2.42. The number of nitrogens with zero attached hydrogens (tertiary/aromatic N) is 2. The summed E-state index contributed by atoms with van der Waals surface area (Å²) < 4.78 is 0. The first-order valence-corrected chi connectivity index (χ1v) is 27.9. The molecule has 12 N–H and O–H groups in total. The van der Waals surface area contributed by atoms with Crippen LogP contribution in [0.1, 0.15) is 84.8 Å². The van der Waals surface area contributed by atoms with E-state index in [9.17, 15) is 63.0 Å². The average molecular weight is 1150 g/mol. The molecule has 1 unspecified atom stereocenters. The molecule has 0 saturated carbocycles. The minimum Gasteiger partial charge on any atom is -0.480 e. The van der Waals surface area contributed by atoms with E-state index in [2.05, 4.69) is 53.2 Å². The topological polar surface area (TPSA) is 355 Å². The fraction of sp³-hybridized carbons (Fsp3) is 0.561. The third-order valence-corrected chi connectivity index (χ3v) is 14.4. The number of piperazine rings is 1. The highest BCUT2D eigenvalue weighted by Gasteiger charge is 2.41. The largest absolute Gasteiger partial charge is 0.480 e. The molecule has 0 aliphatic carbocycles. The van der Waals surface area contributed by atoms with Gasteiger partial charge in [0.1, 0.15) is 48.3 Å². The third kappa shape index (κ3) is 21.0. The molecule has 0 aromatic heterocycles. The second kappa shape index (κ2) is 33.2. The summed E-state index contributed by atoms with van der Waals surface area (Å²) in [5.41, 5.74) is 1.20. The summed E-state index contributed by atoms with van der Waals surface area (Å²) in [6, 6.07) is 5.12. The number of rotatable bonds is 17. The Balaban J connectivity index is 1.76. The van der Waals surface area contributed by atoms with Gasteiger partial charge >= 0.3 is 11.9 Å². The van der Waals surface area contributed by atoms with E-state index in [1.807, 2.05) is 4.90 Å². The van der Waals surface area contributed by atoms with Crippen LogP contribution in [0.2, 0.25) is 0 Å². The molecule has 4 rings (SSSR count). The number of likely N-dealkylation sites (N-methyl/N-ethyl adjacent to an activating group) is 2. The van der Waals surface area contributed by atoms with Crippen molar-refractivity contribution in [3.8, 4) is 0 Å². The molecule has 11 atom stereocenters. The van der Waals surface area contributed by atoms with Gasteiger partial charge in [0, 0.05) is 52.0 Å². The molecule has 0 spiro atoms. The number of hydrogen-bond donors (Lipinski definition) is 12. The zero-order chi connectivity index (χ0) is 60.6. The predicted molar refractivity (Wildman–Crippen MR) is 303 cm³/mol. The predicted octanol–water partition coefficient (Wildman–Crippen LogP) is -1.29. The van der Waals surface area contributed by atoms with E-state index in [0.29, 0.717) is 11.1 Å². The summed E-state index contributed by atoms with van der Waals surface area (Å²) in [5, 5.41) is 47.8. The van der Waals surface area contributed by atoms with Crippen molar-refractivity contribution in [1.29, 1.82) is 0 Å². The standard InChI is InChI=1S/C57H84N12O13/c1-33(2)46(66-48(71)35(5)58-7)54(77)61-39-22-16-11-17-23-40(56(79)80)62-52(75)43(31-38-20-14-10-15-21-38)65-53(76)44-32-68(28-29-69(44)55(78)47(34(3)4)67-49(72)36(6)59-8)27-26-60-45(70)25-24-41(57(81)82)63-51(74)42(64-50(39)73)30-37-18-12-9-13-19-37/h9-16,18-21,33-36,39-44,46-47,58-59H,17,22-32H2,1-8H3,(H,60,70)(H,61,77)(H,62,75)(H,63,74)(H,64,73)(H,65,76)(H,66,71)(H,67,72)(H,79,80)(H,81,82)/b16-11+/t35-,36-,39-,40-,41-,42-,43-,44-,46-,47-/m0/s1. The van der Waals surface area contributed by atoms with Gasteiger partial charge in [0.05, 0.1) is 12.1 Å². The Hall–Kier alpha value is -7.77. The molecule has 450 valence electrons. The van der Waals surface area contributed by atoms with E-state index in [-0.39, 0.29) is 77.7 Å². The number of carboxylic acid groups (broad SMARTS) is 2. The molecule has 82 heavy (non-hydrogen) atoms. The number of aliphatic carboxylic acids is 2. The third-order valence-electron chi connectivity index (χ3n) is 14.4. The van der Waals surface area contributed by atoms with Crippen molar-refractivity contribution in [2.75, 3.05) is 46.8 Å². The molecule has 2 bridgehead atoms. The van der Waals surface area contributed by atoms with Crippen molar-refractivity contribution in [3.05, 3.63) is 83.9 Å². The molecule has 0 radical (unpaired) electrons. The Morgan fingerprint density at radius 2 is 1.10 bits per heavy atom. The number of carbonyl (C=O) groups is 11. The smallest absolute Gasteiger partial charge is 0.326 e. The molecule has 2 aromatic rings. The van der Waals surface area contributed by atoms with Gasteiger partial charge in [-0.15, -0.1) is 0 Å². The van der Waals surface area contributed by atoms with E-state index < -0.39 is 137 Å². The summed E-state index contributed by atoms with van der Waals surface area (Å²) in [7, 11) is 3.16. The van der Waals surface area contributed by atoms with E-state index in [0.717, 1.165) is 0 Å². The fourth-order valence-electron chi connectivity index (χ4n) is 9.12. The zero-order valence-corrected chi connectivity index (χ0v) is 48.1. The van der Waals surface area contributed by atoms with E-state index in [1.165, 1.54) is 17.1 Å². The SMILES string of the molecule is CN[C@@H](C)C(=O)N[C@H](C(=O)N[C@H]1C/C=C/CC[C@@H](C(=O)O)NC(=O)[C@H](Cc2ccccc2)NC(=O)[C@@H]2CN(CCNC(=O)CC[C@@H](C(=O)O)NC(=O)[C@H](Cc3ccccc3)NC1=O)CCN2C(=O)[C@@H](NC(=O)[C@H](C)NC)C(C)C)C(C)C. The molecule has 25 nitrogen and oxygen atoms in total. The molecule has 1 fully saturated rings. The van der Waals surface area contributed by atoms with E-state index in [4.69, 9.17) is 0 Å². The van der Waals surface area contributed by atoms with Crippen LogP contribution in [0.3, 0.4) is 0 Å². The summed E-state index contributed by atoms with van der Waals surface area (Å²) in [5.74, 6) is -9.93. The van der Waals surface area contributed by atoms with Crippen molar-refractivity contribution in [2.45, 2.75) is 147 Å². The van der Waals surface area contributed by atoms with Crippen LogP contribution in [-0.2, 0) is 65.6 Å². The van der Waals surface area contributed by atoms with Gasteiger partial charge in [0.15, 0.2) is 0 Å². The molecule has 2 aliphatic rings. The summed E-state index contributed by atoms with van der Waals surface area (Å²) >= 11 is 0. The number of carbonyl (C=O) groups excluding carboxylic acids is 9. The monoisotopic (exact) mass is 1140 g/mol. The Morgan fingerprint density at radius 1 is 0.598 bits per heavy atom. The maximum absolute atomic E-state index is 14.7. The molecule has 1 saturated heterocycles. The first-order chi connectivity index (χ1) is 38.9. The highest BCUT2D eigenvalue weighted by molar-refractivity contribution is 5.97. The Morgan fingerprint density at radius 3 is 1.60 bits per heavy atom. The van der Waals surface area contributed by atoms with Gasteiger partial charge in [0.25, 0.3) is 0 Å². The Kier molecular flexibility index (Phi) is 27.0. The van der Waals surface area contributed by atoms with Gasteiger partial charge in [-0.25, -0.2) is 9.59 Å². The van der Waals surface area contributed by atoms with Crippen LogP contribution < -0.4 is 53.2 Å². The van der Waals surface area contributed by atoms with Gasteiger partial charge in [-0.3, -0.25) is 48.1 Å². The van der Waals surface area contributed by atoms with Crippen LogP contribution in [0.5, 0.6) is 0 Å². The van der Waals surface area contributed by atoms with Gasteiger partial charge in [-0.1, -0.05) is 101 Å². The van der Waals surface area contributed by atoms with Crippen molar-refractivity contribution in [3.63, 3.8) is 0 Å². The quantitative estimate of drug-likeness (QED) is 0.0821. The Labute approximate surface area is 479 Å². The summed E-state index contributed by atoms with van der Waals surface area (Å²) in [6.45, 7) is 10.4. The van der Waals surface area contributed by atoms with Crippen LogP contribution in [-0.4, -0.2) is 192 Å². The number of amides is 9. The average Bonchev–Trinajstić information content (AvgIpc) is 3.52. The number of carboxylic acids is 2. The number of fused-ring (bicyclic) bond motifs is 2. The van der Waals surface area contributed by atoms with Crippen molar-refractivity contribution < 1.29 is 63.0 Å². The van der Waals surface area contributed by atoms with E-state index >= 15 is 0 Å². The highest BCUT2D eigenvalue weighted by Crippen LogP contribution is 2.18. The molecule has 2 aromatic carbocycles. The number of benzene rings is 2. The molecule has 9 amide bonds. The van der Waals surface area contributed by atoms with Crippen LogP contribution >= 0.6 is 0 Å². The first-order valence-electron chi connectivity index (χ1n) is 27.9. The van der Waals surface area contributed by atoms with Gasteiger partial charge in [0.2, 0.25) is 53.2 Å². The van der Waals surface area contributed by atoms with Crippen LogP contribution in [0.25, 0.3) is 0 Å². The normalized spacial score (nSPS) is 24.0. The van der Waals surface area contributed by atoms with E-state index in [1.54, 1.807) is 116 Å². The minimum atomic E-state index is -1.60. The van der Waals surface area contributed by atoms with Crippen molar-refractivity contribution >= 4 is 65.1 Å². The maximum Gasteiger partial charge on any atom is 0.326 e. The first kappa shape index (κ1) is 66.7. The maximum atomic E-state index is 14.7. The summed E-state index contributed by atoms with van der Waals surface area (Å²) in [4.78, 5) is 154. The molecule has 2 heterocycles. The molecule has 25 heteroatoms. The van der Waals surface area contributed by atoms with Crippen LogP contribution in [0.4, 0.5) is 0 Å². The number of nitrogens with one attached hydrogen (secondary N) is 10. The second-order valence-corrected chi connectivity index (χ2v) is 21.4. The second-order valence-electron chi connectivity index (χ2n) is 21.4. The van der Waals surface area contributed by atoms with Gasteiger partial charge in [-0.05, 0) is 76.6 Å². The van der Waals surface area contributed by atoms with Crippen molar-refractivity contribution in [2.24, 2.45) is 11.8 Å². The highest BCUT2D eigenvalue weighted by atomic mass is 16.4. The zero-order valence-electron chi connectivity index (χ0n) is 48.1.